The number of hydrogen-bond acceptors (Lipinski definition) is 6. The van der Waals surface area contributed by atoms with Crippen molar-refractivity contribution in [2.24, 2.45) is 5.92 Å². The number of piperazine rings is 1. The molecule has 28 heavy (non-hydrogen) atoms. The van der Waals surface area contributed by atoms with E-state index in [0.717, 1.165) is 20.9 Å². The first-order valence-corrected chi connectivity index (χ1v) is 9.76. The van der Waals surface area contributed by atoms with Gasteiger partial charge in [-0.15, -0.1) is 11.3 Å². The van der Waals surface area contributed by atoms with Gasteiger partial charge in [0, 0.05) is 39.1 Å². The Balaban J connectivity index is 1.37. The van der Waals surface area contributed by atoms with Crippen LogP contribution < -0.4 is 4.90 Å². The highest BCUT2D eigenvalue weighted by Crippen LogP contribution is 2.29. The summed E-state index contributed by atoms with van der Waals surface area (Å²) in [4.78, 5) is 38.5. The van der Waals surface area contributed by atoms with Crippen LogP contribution in [-0.2, 0) is 9.59 Å². The molecule has 2 fully saturated rings. The summed E-state index contributed by atoms with van der Waals surface area (Å²) in [5, 5.41) is 2.92. The Morgan fingerprint density at radius 3 is 2.68 bits per heavy atom. The van der Waals surface area contributed by atoms with Gasteiger partial charge >= 0.3 is 6.18 Å². The second kappa shape index (κ2) is 7.19. The Morgan fingerprint density at radius 1 is 1.21 bits per heavy atom. The molecular weight excluding hydrogens is 395 g/mol. The highest BCUT2D eigenvalue weighted by molar-refractivity contribution is 7.16. The number of halogens is 3. The summed E-state index contributed by atoms with van der Waals surface area (Å²) < 4.78 is 37.7. The Bertz CT molecular complexity index is 894. The highest BCUT2D eigenvalue weighted by Gasteiger charge is 2.42. The van der Waals surface area contributed by atoms with E-state index in [-0.39, 0.29) is 18.9 Å². The van der Waals surface area contributed by atoms with E-state index in [4.69, 9.17) is 0 Å². The Hall–Kier alpha value is -2.43. The van der Waals surface area contributed by atoms with Gasteiger partial charge in [0.2, 0.25) is 11.8 Å². The van der Waals surface area contributed by atoms with Gasteiger partial charge in [0.05, 0.1) is 11.3 Å². The van der Waals surface area contributed by atoms with E-state index in [1.807, 2.05) is 11.4 Å². The van der Waals surface area contributed by atoms with Crippen molar-refractivity contribution in [3.63, 3.8) is 0 Å². The van der Waals surface area contributed by atoms with Gasteiger partial charge in [0.25, 0.3) is 0 Å². The van der Waals surface area contributed by atoms with E-state index < -0.39 is 24.5 Å². The molecule has 4 rings (SSSR count). The van der Waals surface area contributed by atoms with E-state index in [9.17, 15) is 22.8 Å². The van der Waals surface area contributed by atoms with Gasteiger partial charge < -0.3 is 14.7 Å². The normalized spacial score (nSPS) is 21.0. The lowest BCUT2D eigenvalue weighted by molar-refractivity contribution is -0.157. The molecule has 0 aliphatic carbocycles. The van der Waals surface area contributed by atoms with Crippen LogP contribution in [0.25, 0.3) is 10.2 Å². The summed E-state index contributed by atoms with van der Waals surface area (Å²) in [6, 6.07) is 1.96. The van der Waals surface area contributed by atoms with Gasteiger partial charge in [-0.3, -0.25) is 9.59 Å². The number of anilines is 1. The van der Waals surface area contributed by atoms with E-state index in [1.165, 1.54) is 17.7 Å². The van der Waals surface area contributed by atoms with Gasteiger partial charge in [-0.1, -0.05) is 0 Å². The second-order valence-electron chi connectivity index (χ2n) is 6.94. The molecule has 0 saturated carbocycles. The molecule has 0 spiro atoms. The number of carbonyl (C=O) groups is 2. The lowest BCUT2D eigenvalue weighted by atomic mass is 10.1. The van der Waals surface area contributed by atoms with Crippen molar-refractivity contribution in [2.75, 3.05) is 44.2 Å². The van der Waals surface area contributed by atoms with E-state index in [0.29, 0.717) is 26.2 Å². The molecule has 2 amide bonds. The SMILES string of the molecule is O=C1CC(C(=O)N2CCN(c3ncnc4sccc34)CC2)CN1CC(F)(F)F. The Morgan fingerprint density at radius 2 is 1.96 bits per heavy atom. The van der Waals surface area contributed by atoms with E-state index >= 15 is 0 Å². The summed E-state index contributed by atoms with van der Waals surface area (Å²) in [6.07, 6.45) is -3.09. The van der Waals surface area contributed by atoms with Gasteiger partial charge in [0.1, 0.15) is 23.5 Å². The number of likely N-dealkylation sites (tertiary alicyclic amines) is 1. The molecule has 2 aromatic rings. The molecule has 2 aromatic heterocycles. The molecule has 150 valence electrons. The van der Waals surface area contributed by atoms with Crippen molar-refractivity contribution >= 4 is 39.2 Å². The van der Waals surface area contributed by atoms with Crippen LogP contribution in [0.5, 0.6) is 0 Å². The minimum absolute atomic E-state index is 0.156. The summed E-state index contributed by atoms with van der Waals surface area (Å²) in [5.41, 5.74) is 0. The number of hydrogen-bond donors (Lipinski definition) is 0. The maximum atomic E-state index is 12.7. The maximum Gasteiger partial charge on any atom is 0.406 e. The molecule has 2 saturated heterocycles. The first kappa shape index (κ1) is 18.9. The Labute approximate surface area is 162 Å². The van der Waals surface area contributed by atoms with Gasteiger partial charge in [-0.25, -0.2) is 9.97 Å². The third-order valence-electron chi connectivity index (χ3n) is 5.07. The molecule has 1 unspecified atom stereocenters. The third-order valence-corrected chi connectivity index (χ3v) is 5.89. The first-order chi connectivity index (χ1) is 13.3. The van der Waals surface area contributed by atoms with Crippen LogP contribution in [0.15, 0.2) is 17.8 Å². The van der Waals surface area contributed by atoms with Crippen LogP contribution in [0, 0.1) is 5.92 Å². The predicted octanol–water partition coefficient (Wildman–Crippen LogP) is 1.75. The summed E-state index contributed by atoms with van der Waals surface area (Å²) in [6.45, 7) is 0.560. The summed E-state index contributed by atoms with van der Waals surface area (Å²) in [5.74, 6) is -0.744. The number of carbonyl (C=O) groups excluding carboxylic acids is 2. The fraction of sp³-hybridized carbons (Fsp3) is 0.529. The average molecular weight is 413 g/mol. The second-order valence-corrected chi connectivity index (χ2v) is 7.83. The number of fused-ring (bicyclic) bond motifs is 1. The predicted molar refractivity (Wildman–Crippen MR) is 97.0 cm³/mol. The smallest absolute Gasteiger partial charge is 0.352 e. The van der Waals surface area contributed by atoms with Crippen LogP contribution in [0.4, 0.5) is 19.0 Å². The third kappa shape index (κ3) is 3.75. The molecule has 0 radical (unpaired) electrons. The zero-order chi connectivity index (χ0) is 19.9. The number of nitrogens with zero attached hydrogens (tertiary/aromatic N) is 5. The standard InChI is InChI=1S/C17H18F3N5O2S/c18-17(19,20)9-25-8-11(7-13(25)26)16(27)24-4-2-23(3-5-24)14-12-1-6-28-15(12)22-10-21-14/h1,6,10-11H,2-5,7-9H2. The molecule has 7 nitrogen and oxygen atoms in total. The molecule has 0 aromatic carbocycles. The summed E-state index contributed by atoms with van der Waals surface area (Å²) >= 11 is 1.53. The molecular formula is C17H18F3N5O2S. The number of thiophene rings is 1. The van der Waals surface area contributed by atoms with E-state index in [2.05, 4.69) is 14.9 Å². The Kier molecular flexibility index (Phi) is 4.86. The van der Waals surface area contributed by atoms with Gasteiger partial charge in [-0.2, -0.15) is 13.2 Å². The zero-order valence-corrected chi connectivity index (χ0v) is 15.7. The van der Waals surface area contributed by atoms with Crippen molar-refractivity contribution < 1.29 is 22.8 Å². The van der Waals surface area contributed by atoms with Crippen molar-refractivity contribution in [3.8, 4) is 0 Å². The highest BCUT2D eigenvalue weighted by atomic mass is 32.1. The van der Waals surface area contributed by atoms with Gasteiger partial charge in [-0.05, 0) is 11.4 Å². The zero-order valence-electron chi connectivity index (χ0n) is 14.9. The molecule has 0 N–H and O–H groups in total. The van der Waals surface area contributed by atoms with Gasteiger partial charge in [0.15, 0.2) is 0 Å². The van der Waals surface area contributed by atoms with Crippen LogP contribution >= 0.6 is 11.3 Å². The van der Waals surface area contributed by atoms with Crippen LogP contribution in [-0.4, -0.2) is 77.0 Å². The first-order valence-electron chi connectivity index (χ1n) is 8.88. The molecule has 4 heterocycles. The molecule has 1 atom stereocenters. The quantitative estimate of drug-likeness (QED) is 0.767. The van der Waals surface area contributed by atoms with Crippen molar-refractivity contribution in [1.82, 2.24) is 19.8 Å². The molecule has 2 aliphatic heterocycles. The number of aromatic nitrogens is 2. The minimum Gasteiger partial charge on any atom is -0.352 e. The number of amides is 2. The number of alkyl halides is 3. The maximum absolute atomic E-state index is 12.7. The van der Waals surface area contributed by atoms with Crippen molar-refractivity contribution in [3.05, 3.63) is 17.8 Å². The lowest BCUT2D eigenvalue weighted by Crippen LogP contribution is -2.51. The van der Waals surface area contributed by atoms with E-state index in [1.54, 1.807) is 4.90 Å². The van der Waals surface area contributed by atoms with Crippen LogP contribution in [0.3, 0.4) is 0 Å². The van der Waals surface area contributed by atoms with Crippen molar-refractivity contribution in [1.29, 1.82) is 0 Å². The fourth-order valence-corrected chi connectivity index (χ4v) is 4.46. The number of rotatable bonds is 3. The molecule has 0 bridgehead atoms. The van der Waals surface area contributed by atoms with Crippen LogP contribution in [0.2, 0.25) is 0 Å². The van der Waals surface area contributed by atoms with Crippen molar-refractivity contribution in [2.45, 2.75) is 12.6 Å². The van der Waals surface area contributed by atoms with Crippen LogP contribution in [0.1, 0.15) is 6.42 Å². The summed E-state index contributed by atoms with van der Waals surface area (Å²) in [7, 11) is 0. The monoisotopic (exact) mass is 413 g/mol. The topological polar surface area (TPSA) is 69.6 Å². The molecule has 11 heteroatoms. The lowest BCUT2D eigenvalue weighted by Gasteiger charge is -2.36. The largest absolute Gasteiger partial charge is 0.406 e. The average Bonchev–Trinajstić information content (AvgIpc) is 3.27. The minimum atomic E-state index is -4.45. The fourth-order valence-electron chi connectivity index (χ4n) is 3.73. The molecule has 2 aliphatic rings.